The second-order valence-electron chi connectivity index (χ2n) is 8.28. The van der Waals surface area contributed by atoms with E-state index in [1.54, 1.807) is 13.3 Å². The number of thiophene rings is 1. The summed E-state index contributed by atoms with van der Waals surface area (Å²) in [5.41, 5.74) is 9.24. The first-order valence-electron chi connectivity index (χ1n) is 10.8. The number of aromatic nitrogens is 2. The Balaban J connectivity index is 1.35. The summed E-state index contributed by atoms with van der Waals surface area (Å²) < 4.78 is 8.60. The van der Waals surface area contributed by atoms with E-state index in [1.165, 1.54) is 22.3 Å². The number of hydrogen-bond donors (Lipinski definition) is 1. The zero-order valence-corrected chi connectivity index (χ0v) is 18.8. The molecule has 4 aromatic rings. The number of ether oxygens (including phenoxy) is 1. The monoisotopic (exact) mass is 446 g/mol. The molecule has 0 bridgehead atoms. The van der Waals surface area contributed by atoms with Gasteiger partial charge in [0.2, 0.25) is 0 Å². The molecule has 1 saturated heterocycles. The van der Waals surface area contributed by atoms with Crippen molar-refractivity contribution in [2.45, 2.75) is 25.4 Å². The minimum atomic E-state index is -0.321. The smallest absolute Gasteiger partial charge is 0.259 e. The summed E-state index contributed by atoms with van der Waals surface area (Å²) in [5.74, 6) is 0.868. The molecule has 32 heavy (non-hydrogen) atoms. The molecule has 2 aromatic carbocycles. The van der Waals surface area contributed by atoms with Gasteiger partial charge in [0, 0.05) is 41.7 Å². The Bertz CT molecular complexity index is 1250. The van der Waals surface area contributed by atoms with E-state index in [2.05, 4.69) is 34.3 Å². The van der Waals surface area contributed by atoms with Crippen LogP contribution in [-0.2, 0) is 13.1 Å². The first kappa shape index (κ1) is 20.7. The molecular weight excluding hydrogens is 420 g/mol. The van der Waals surface area contributed by atoms with E-state index in [9.17, 15) is 4.79 Å². The van der Waals surface area contributed by atoms with Gasteiger partial charge in [0.05, 0.1) is 18.5 Å². The van der Waals surface area contributed by atoms with Crippen LogP contribution in [0.5, 0.6) is 5.75 Å². The van der Waals surface area contributed by atoms with Gasteiger partial charge in [-0.25, -0.2) is 0 Å². The molecule has 2 N–H and O–H groups in total. The van der Waals surface area contributed by atoms with Gasteiger partial charge in [-0.05, 0) is 53.7 Å². The summed E-state index contributed by atoms with van der Waals surface area (Å²) in [7, 11) is 1.70. The third-order valence-corrected chi connectivity index (χ3v) is 7.38. The van der Waals surface area contributed by atoms with E-state index in [0.29, 0.717) is 17.3 Å². The summed E-state index contributed by atoms with van der Waals surface area (Å²) >= 11 is 1.52. The van der Waals surface area contributed by atoms with Crippen LogP contribution >= 0.6 is 11.3 Å². The quantitative estimate of drug-likeness (QED) is 0.461. The Hall–Kier alpha value is -3.16. The van der Waals surface area contributed by atoms with Crippen molar-refractivity contribution in [3.05, 3.63) is 82.5 Å². The molecular formula is C25H26N4O2S. The number of carbonyl (C=O) groups excluding carboxylic acids is 1. The zero-order valence-electron chi connectivity index (χ0n) is 18.0. The maximum Gasteiger partial charge on any atom is 0.259 e. The molecule has 0 radical (unpaired) electrons. The van der Waals surface area contributed by atoms with Crippen molar-refractivity contribution >= 4 is 27.3 Å². The van der Waals surface area contributed by atoms with Crippen LogP contribution in [-0.4, -0.2) is 40.8 Å². The van der Waals surface area contributed by atoms with Crippen LogP contribution in [0.25, 0.3) is 10.1 Å². The minimum absolute atomic E-state index is 0.315. The Labute approximate surface area is 191 Å². The lowest BCUT2D eigenvalue weighted by Crippen LogP contribution is -2.20. The largest absolute Gasteiger partial charge is 0.496 e. The number of rotatable bonds is 7. The van der Waals surface area contributed by atoms with Crippen LogP contribution in [0, 0.1) is 0 Å². The number of benzene rings is 2. The van der Waals surface area contributed by atoms with E-state index in [0.717, 1.165) is 47.6 Å². The van der Waals surface area contributed by atoms with Crippen molar-refractivity contribution in [2.75, 3.05) is 20.2 Å². The molecule has 6 nitrogen and oxygen atoms in total. The molecule has 5 rings (SSSR count). The Morgan fingerprint density at radius 1 is 1.22 bits per heavy atom. The number of methoxy groups -OCH3 is 1. The third-order valence-electron chi connectivity index (χ3n) is 6.18. The van der Waals surface area contributed by atoms with Crippen LogP contribution in [0.15, 0.2) is 60.9 Å². The van der Waals surface area contributed by atoms with E-state index in [1.807, 2.05) is 35.1 Å². The molecule has 1 aliphatic rings. The first-order chi connectivity index (χ1) is 15.6. The molecule has 1 unspecified atom stereocenters. The summed E-state index contributed by atoms with van der Waals surface area (Å²) in [5, 5.41) is 5.49. The lowest BCUT2D eigenvalue weighted by molar-refractivity contribution is 0.100. The molecule has 2 aromatic heterocycles. The van der Waals surface area contributed by atoms with Gasteiger partial charge in [0.1, 0.15) is 5.75 Å². The van der Waals surface area contributed by atoms with E-state index in [4.69, 9.17) is 10.5 Å². The molecule has 1 fully saturated rings. The van der Waals surface area contributed by atoms with Crippen molar-refractivity contribution in [3.8, 4) is 5.75 Å². The van der Waals surface area contributed by atoms with Gasteiger partial charge in [0.25, 0.3) is 5.91 Å². The number of likely N-dealkylation sites (tertiary alicyclic amines) is 1. The van der Waals surface area contributed by atoms with Crippen LogP contribution in [0.2, 0.25) is 0 Å². The number of fused-ring (bicyclic) bond motifs is 1. The molecule has 164 valence electrons. The Morgan fingerprint density at radius 3 is 2.88 bits per heavy atom. The highest BCUT2D eigenvalue weighted by Crippen LogP contribution is 2.40. The van der Waals surface area contributed by atoms with Gasteiger partial charge < -0.3 is 10.5 Å². The Morgan fingerprint density at radius 2 is 2.09 bits per heavy atom. The first-order valence-corrected chi connectivity index (χ1v) is 11.6. The van der Waals surface area contributed by atoms with Crippen molar-refractivity contribution in [1.82, 2.24) is 14.7 Å². The second kappa shape index (κ2) is 8.76. The van der Waals surface area contributed by atoms with Gasteiger partial charge in [0.15, 0.2) is 0 Å². The molecule has 1 atom stereocenters. The fraction of sp³-hybridized carbons (Fsp3) is 0.280. The van der Waals surface area contributed by atoms with Gasteiger partial charge in [-0.1, -0.05) is 24.3 Å². The number of hydrogen-bond acceptors (Lipinski definition) is 5. The van der Waals surface area contributed by atoms with E-state index in [-0.39, 0.29) is 5.91 Å². The molecule has 0 aliphatic carbocycles. The molecule has 3 heterocycles. The average Bonchev–Trinajstić information content (AvgIpc) is 3.53. The van der Waals surface area contributed by atoms with E-state index < -0.39 is 0 Å². The molecule has 0 saturated carbocycles. The lowest BCUT2D eigenvalue weighted by atomic mass is 9.95. The van der Waals surface area contributed by atoms with Crippen LogP contribution in [0.3, 0.4) is 0 Å². The lowest BCUT2D eigenvalue weighted by Gasteiger charge is -2.18. The standard InChI is InChI=1S/C25H26N4O2S/c1-31-21-8-7-17(13-19(21)16-29-11-4-10-27-29)14-28-12-9-18(15-28)23-20-5-2-3-6-22(20)32-24(23)25(26)30/h2-8,10-11,13,18H,9,12,14-16H2,1H3,(H2,26,30). The van der Waals surface area contributed by atoms with Crippen LogP contribution in [0.4, 0.5) is 0 Å². The van der Waals surface area contributed by atoms with Crippen LogP contribution < -0.4 is 10.5 Å². The summed E-state index contributed by atoms with van der Waals surface area (Å²) in [6.45, 7) is 3.45. The highest BCUT2D eigenvalue weighted by molar-refractivity contribution is 7.21. The van der Waals surface area contributed by atoms with Crippen LogP contribution in [0.1, 0.15) is 38.7 Å². The summed E-state index contributed by atoms with van der Waals surface area (Å²) in [6, 6.07) is 16.5. The van der Waals surface area contributed by atoms with Gasteiger partial charge in [-0.15, -0.1) is 11.3 Å². The molecule has 1 aliphatic heterocycles. The number of primary amides is 1. The van der Waals surface area contributed by atoms with Gasteiger partial charge in [-0.3, -0.25) is 14.4 Å². The summed E-state index contributed by atoms with van der Waals surface area (Å²) in [4.78, 5) is 15.3. The topological polar surface area (TPSA) is 73.4 Å². The Kier molecular flexibility index (Phi) is 5.68. The minimum Gasteiger partial charge on any atom is -0.496 e. The van der Waals surface area contributed by atoms with E-state index >= 15 is 0 Å². The fourth-order valence-corrected chi connectivity index (χ4v) is 5.89. The maximum absolute atomic E-state index is 12.1. The highest BCUT2D eigenvalue weighted by Gasteiger charge is 2.30. The number of carbonyl (C=O) groups is 1. The molecule has 1 amide bonds. The predicted octanol–water partition coefficient (Wildman–Crippen LogP) is 4.24. The molecule has 7 heteroatoms. The average molecular weight is 447 g/mol. The van der Waals surface area contributed by atoms with Crippen molar-refractivity contribution in [3.63, 3.8) is 0 Å². The normalized spacial score (nSPS) is 16.6. The maximum atomic E-state index is 12.1. The highest BCUT2D eigenvalue weighted by atomic mass is 32.1. The third kappa shape index (κ3) is 4.01. The number of nitrogens with zero attached hydrogens (tertiary/aromatic N) is 3. The van der Waals surface area contributed by atoms with Crippen molar-refractivity contribution < 1.29 is 9.53 Å². The zero-order chi connectivity index (χ0) is 22.1. The molecule has 0 spiro atoms. The van der Waals surface area contributed by atoms with Gasteiger partial charge in [-0.2, -0.15) is 5.10 Å². The summed E-state index contributed by atoms with van der Waals surface area (Å²) in [6.07, 6.45) is 4.77. The number of amides is 1. The van der Waals surface area contributed by atoms with Gasteiger partial charge >= 0.3 is 0 Å². The van der Waals surface area contributed by atoms with Crippen molar-refractivity contribution in [2.24, 2.45) is 5.73 Å². The SMILES string of the molecule is COc1ccc(CN2CCC(c3c(C(N)=O)sc4ccccc34)C2)cc1Cn1cccn1. The fourth-order valence-electron chi connectivity index (χ4n) is 4.75. The number of nitrogens with two attached hydrogens (primary N) is 1. The predicted molar refractivity (Wildman–Crippen MR) is 127 cm³/mol. The second-order valence-corrected chi connectivity index (χ2v) is 9.33. The van der Waals surface area contributed by atoms with Crippen molar-refractivity contribution in [1.29, 1.82) is 0 Å².